The first-order valence-corrected chi connectivity index (χ1v) is 11.8. The zero-order valence-corrected chi connectivity index (χ0v) is 19.9. The number of Topliss-reactive ketones (excluding diaryl/α,β-unsaturated/α-hetero) is 1. The minimum absolute atomic E-state index is 0.0346. The van der Waals surface area contributed by atoms with E-state index in [4.69, 9.17) is 21.7 Å². The second-order valence-corrected chi connectivity index (χ2v) is 9.22. The zero-order chi connectivity index (χ0) is 23.5. The molecule has 33 heavy (non-hydrogen) atoms. The van der Waals surface area contributed by atoms with Crippen molar-refractivity contribution in [2.24, 2.45) is 0 Å². The van der Waals surface area contributed by atoms with E-state index in [1.54, 1.807) is 34.7 Å². The lowest BCUT2D eigenvalue weighted by molar-refractivity contribution is 0.0714. The number of aromatic nitrogens is 2. The van der Waals surface area contributed by atoms with Gasteiger partial charge in [0.2, 0.25) is 0 Å². The molecule has 1 fully saturated rings. The second-order valence-electron chi connectivity index (χ2n) is 7.90. The fourth-order valence-electron chi connectivity index (χ4n) is 3.86. The lowest BCUT2D eigenvalue weighted by Crippen LogP contribution is -2.45. The Morgan fingerprint density at radius 3 is 2.70 bits per heavy atom. The molecule has 0 radical (unpaired) electrons. The van der Waals surface area contributed by atoms with Crippen molar-refractivity contribution < 1.29 is 14.7 Å². The smallest absolute Gasteiger partial charge is 0.263 e. The van der Waals surface area contributed by atoms with Gasteiger partial charge < -0.3 is 14.9 Å². The molecule has 1 N–H and O–H groups in total. The number of thiophene rings is 1. The number of anilines is 1. The Kier molecular flexibility index (Phi) is 6.94. The van der Waals surface area contributed by atoms with Crippen LogP contribution in [0.3, 0.4) is 0 Å². The molecule has 0 saturated carbocycles. The first kappa shape index (κ1) is 23.2. The van der Waals surface area contributed by atoms with Gasteiger partial charge in [0.05, 0.1) is 27.1 Å². The van der Waals surface area contributed by atoms with Gasteiger partial charge in [-0.2, -0.15) is 0 Å². The minimum atomic E-state index is -0.240. The van der Waals surface area contributed by atoms with Gasteiger partial charge in [-0.1, -0.05) is 23.4 Å². The average Bonchev–Trinajstić information content (AvgIpc) is 3.32. The molecule has 0 atom stereocenters. The van der Waals surface area contributed by atoms with Crippen molar-refractivity contribution in [3.8, 4) is 11.8 Å². The van der Waals surface area contributed by atoms with Crippen molar-refractivity contribution in [1.82, 2.24) is 14.9 Å². The summed E-state index contributed by atoms with van der Waals surface area (Å²) in [6.07, 6.45) is 3.35. The molecule has 1 aliphatic heterocycles. The van der Waals surface area contributed by atoms with Crippen molar-refractivity contribution in [3.05, 3.63) is 50.8 Å². The van der Waals surface area contributed by atoms with Crippen LogP contribution in [0.25, 0.3) is 11.0 Å². The van der Waals surface area contributed by atoms with Crippen LogP contribution >= 0.6 is 22.9 Å². The molecule has 4 rings (SSSR count). The van der Waals surface area contributed by atoms with Crippen molar-refractivity contribution in [2.45, 2.75) is 25.8 Å². The van der Waals surface area contributed by atoms with Crippen LogP contribution in [-0.4, -0.2) is 64.5 Å². The first-order valence-electron chi connectivity index (χ1n) is 10.5. The topological polar surface area (TPSA) is 86.6 Å². The molecule has 1 aromatic carbocycles. The van der Waals surface area contributed by atoms with Crippen LogP contribution in [0.5, 0.6) is 0 Å². The van der Waals surface area contributed by atoms with E-state index < -0.39 is 0 Å². The number of ketones is 1. The highest BCUT2D eigenvalue weighted by atomic mass is 35.5. The summed E-state index contributed by atoms with van der Waals surface area (Å²) >= 11 is 7.56. The Hall–Kier alpha value is -2.99. The molecule has 1 saturated heterocycles. The molecule has 3 heterocycles. The quantitative estimate of drug-likeness (QED) is 0.451. The van der Waals surface area contributed by atoms with Crippen molar-refractivity contribution in [2.75, 3.05) is 31.6 Å². The number of fused-ring (bicyclic) bond motifs is 1. The number of rotatable bonds is 4. The van der Waals surface area contributed by atoms with Gasteiger partial charge in [-0.25, -0.2) is 4.98 Å². The number of carbonyl (C=O) groups excluding carboxylic acids is 2. The molecule has 0 bridgehead atoms. The third-order valence-electron chi connectivity index (χ3n) is 5.79. The summed E-state index contributed by atoms with van der Waals surface area (Å²) in [6, 6.07) is 5.30. The number of halogens is 1. The van der Waals surface area contributed by atoms with Crippen LogP contribution in [0, 0.1) is 11.8 Å². The Balaban J connectivity index is 1.45. The highest BCUT2D eigenvalue weighted by Gasteiger charge is 2.27. The molecule has 9 heteroatoms. The molecular weight excluding hydrogens is 460 g/mol. The third-order valence-corrected chi connectivity index (χ3v) is 7.02. The Morgan fingerprint density at radius 1 is 1.27 bits per heavy atom. The fourth-order valence-corrected chi connectivity index (χ4v) is 4.99. The van der Waals surface area contributed by atoms with Crippen LogP contribution in [0.4, 0.5) is 5.82 Å². The van der Waals surface area contributed by atoms with E-state index in [1.807, 2.05) is 7.05 Å². The summed E-state index contributed by atoms with van der Waals surface area (Å²) < 4.78 is 0. The van der Waals surface area contributed by atoms with Crippen molar-refractivity contribution in [1.29, 1.82) is 0 Å². The van der Waals surface area contributed by atoms with E-state index in [2.05, 4.69) is 21.7 Å². The van der Waals surface area contributed by atoms with E-state index in [0.717, 1.165) is 31.7 Å². The molecule has 3 aromatic rings. The van der Waals surface area contributed by atoms with Gasteiger partial charge in [0, 0.05) is 42.7 Å². The maximum atomic E-state index is 12.9. The van der Waals surface area contributed by atoms with Gasteiger partial charge >= 0.3 is 0 Å². The van der Waals surface area contributed by atoms with Gasteiger partial charge in [-0.15, -0.1) is 11.3 Å². The van der Waals surface area contributed by atoms with E-state index >= 15 is 0 Å². The van der Waals surface area contributed by atoms with E-state index in [0.29, 0.717) is 32.1 Å². The molecule has 170 valence electrons. The Bertz CT molecular complexity index is 1270. The van der Waals surface area contributed by atoms with Crippen LogP contribution in [-0.2, 0) is 0 Å². The number of benzene rings is 1. The summed E-state index contributed by atoms with van der Waals surface area (Å²) in [4.78, 5) is 38.2. The number of nitrogens with zero attached hydrogens (tertiary/aromatic N) is 4. The standard InChI is InChI=1S/C24H23ClN4O3S/c1-15(31)17-11-22(33-14-17)24(32)28(2)18-5-7-29(8-6-18)23-13-26-20-12-19(25)16(4-3-9-30)10-21(20)27-23/h10-14,18,30H,5-9H2,1-2H3. The highest BCUT2D eigenvalue weighted by molar-refractivity contribution is 7.12. The van der Waals surface area contributed by atoms with Crippen LogP contribution < -0.4 is 4.90 Å². The highest BCUT2D eigenvalue weighted by Crippen LogP contribution is 2.26. The van der Waals surface area contributed by atoms with Crippen LogP contribution in [0.2, 0.25) is 5.02 Å². The van der Waals surface area contributed by atoms with Gasteiger partial charge in [-0.05, 0) is 38.0 Å². The summed E-state index contributed by atoms with van der Waals surface area (Å²) in [5, 5.41) is 11.1. The summed E-state index contributed by atoms with van der Waals surface area (Å²) in [6.45, 7) is 2.76. The Labute approximate surface area is 201 Å². The minimum Gasteiger partial charge on any atom is -0.384 e. The van der Waals surface area contributed by atoms with Crippen molar-refractivity contribution in [3.63, 3.8) is 0 Å². The largest absolute Gasteiger partial charge is 0.384 e. The van der Waals surface area contributed by atoms with Gasteiger partial charge in [0.25, 0.3) is 5.91 Å². The molecule has 0 unspecified atom stereocenters. The Morgan fingerprint density at radius 2 is 2.03 bits per heavy atom. The molecular formula is C24H23ClN4O3S. The zero-order valence-electron chi connectivity index (χ0n) is 18.3. The molecule has 1 amide bonds. The lowest BCUT2D eigenvalue weighted by Gasteiger charge is -2.37. The molecule has 7 nitrogen and oxygen atoms in total. The van der Waals surface area contributed by atoms with Gasteiger partial charge in [0.15, 0.2) is 5.78 Å². The number of aliphatic hydroxyl groups is 1. The summed E-state index contributed by atoms with van der Waals surface area (Å²) in [5.74, 6) is 6.12. The number of amides is 1. The number of carbonyl (C=O) groups is 2. The number of aliphatic hydroxyl groups excluding tert-OH is 1. The SMILES string of the molecule is CC(=O)c1csc(C(=O)N(C)C2CCN(c3cnc4cc(Cl)c(C#CCO)cc4n3)CC2)c1. The monoisotopic (exact) mass is 482 g/mol. The summed E-state index contributed by atoms with van der Waals surface area (Å²) in [5.41, 5.74) is 2.55. The van der Waals surface area contributed by atoms with Crippen LogP contribution in [0.15, 0.2) is 29.8 Å². The average molecular weight is 483 g/mol. The predicted molar refractivity (Wildman–Crippen MR) is 130 cm³/mol. The molecule has 0 spiro atoms. The molecule has 2 aromatic heterocycles. The van der Waals surface area contributed by atoms with E-state index in [1.165, 1.54) is 18.3 Å². The van der Waals surface area contributed by atoms with Crippen LogP contribution in [0.1, 0.15) is 45.4 Å². The molecule has 1 aliphatic rings. The predicted octanol–water partition coefficient (Wildman–Crippen LogP) is 3.63. The maximum Gasteiger partial charge on any atom is 0.263 e. The normalized spacial score (nSPS) is 14.1. The number of hydrogen-bond donors (Lipinski definition) is 1. The fraction of sp³-hybridized carbons (Fsp3) is 0.333. The number of hydrogen-bond acceptors (Lipinski definition) is 7. The third kappa shape index (κ3) is 5.01. The second kappa shape index (κ2) is 9.87. The van der Waals surface area contributed by atoms with E-state index in [-0.39, 0.29) is 24.3 Å². The first-order chi connectivity index (χ1) is 15.9. The van der Waals surface area contributed by atoms with Gasteiger partial charge in [-0.3, -0.25) is 14.6 Å². The lowest BCUT2D eigenvalue weighted by atomic mass is 10.0. The van der Waals surface area contributed by atoms with E-state index in [9.17, 15) is 9.59 Å². The van der Waals surface area contributed by atoms with Gasteiger partial charge in [0.1, 0.15) is 12.4 Å². The summed E-state index contributed by atoms with van der Waals surface area (Å²) in [7, 11) is 1.82. The number of piperidine rings is 1. The maximum absolute atomic E-state index is 12.9. The molecule has 0 aliphatic carbocycles. The van der Waals surface area contributed by atoms with Crippen molar-refractivity contribution >= 4 is 51.5 Å².